The molecule has 1 aliphatic rings. The van der Waals surface area contributed by atoms with Crippen molar-refractivity contribution in [3.8, 4) is 0 Å². The molecular formula is C17H35NO. The highest BCUT2D eigenvalue weighted by molar-refractivity contribution is 4.86. The molecule has 3 unspecified atom stereocenters. The molecule has 1 aliphatic carbocycles. The van der Waals surface area contributed by atoms with Crippen molar-refractivity contribution in [3.63, 3.8) is 0 Å². The summed E-state index contributed by atoms with van der Waals surface area (Å²) < 4.78 is 6.52. The fraction of sp³-hybridized carbons (Fsp3) is 1.00. The lowest BCUT2D eigenvalue weighted by Gasteiger charge is -2.43. The molecule has 0 radical (unpaired) electrons. The van der Waals surface area contributed by atoms with Crippen LogP contribution in [0.5, 0.6) is 0 Å². The monoisotopic (exact) mass is 269 g/mol. The van der Waals surface area contributed by atoms with Crippen molar-refractivity contribution < 1.29 is 4.74 Å². The lowest BCUT2D eigenvalue weighted by molar-refractivity contribution is -0.118. The van der Waals surface area contributed by atoms with Gasteiger partial charge in [-0.15, -0.1) is 0 Å². The van der Waals surface area contributed by atoms with Crippen LogP contribution in [0.25, 0.3) is 0 Å². The third kappa shape index (κ3) is 5.83. The Bertz CT molecular complexity index is 264. The predicted octanol–water partition coefficient (Wildman–Crippen LogP) is 4.39. The molecule has 0 aromatic carbocycles. The molecule has 1 fully saturated rings. The Balaban J connectivity index is 2.54. The van der Waals surface area contributed by atoms with Crippen molar-refractivity contribution >= 4 is 0 Å². The fourth-order valence-corrected chi connectivity index (χ4v) is 3.53. The van der Waals surface area contributed by atoms with Gasteiger partial charge in [0.2, 0.25) is 0 Å². The van der Waals surface area contributed by atoms with E-state index in [-0.39, 0.29) is 5.60 Å². The largest absolute Gasteiger partial charge is 0.371 e. The number of ether oxygens (including phenoxy) is 1. The molecule has 3 atom stereocenters. The quantitative estimate of drug-likeness (QED) is 0.692. The lowest BCUT2D eigenvalue weighted by Crippen LogP contribution is -2.45. The van der Waals surface area contributed by atoms with Gasteiger partial charge in [0.25, 0.3) is 0 Å². The summed E-state index contributed by atoms with van der Waals surface area (Å²) in [6, 6.07) is 0. The standard InChI is InChI=1S/C17H35NO/c1-7-9-18-13-17(6,8-2)19-15-10-14(3)11-16(4,5)12-15/h14-15,18H,7-13H2,1-6H3. The molecule has 0 bridgehead atoms. The summed E-state index contributed by atoms with van der Waals surface area (Å²) in [4.78, 5) is 0. The maximum atomic E-state index is 6.52. The topological polar surface area (TPSA) is 21.3 Å². The van der Waals surface area contributed by atoms with Crippen LogP contribution in [-0.2, 0) is 4.74 Å². The van der Waals surface area contributed by atoms with Gasteiger partial charge >= 0.3 is 0 Å². The summed E-state index contributed by atoms with van der Waals surface area (Å²) >= 11 is 0. The zero-order valence-electron chi connectivity index (χ0n) is 14.0. The van der Waals surface area contributed by atoms with Crippen LogP contribution in [0.15, 0.2) is 0 Å². The molecule has 0 aromatic rings. The molecular weight excluding hydrogens is 234 g/mol. The zero-order chi connectivity index (χ0) is 14.5. The molecule has 0 heterocycles. The zero-order valence-corrected chi connectivity index (χ0v) is 14.0. The van der Waals surface area contributed by atoms with Crippen LogP contribution in [0.3, 0.4) is 0 Å². The molecule has 2 nitrogen and oxygen atoms in total. The Morgan fingerprint density at radius 3 is 2.47 bits per heavy atom. The molecule has 1 N–H and O–H groups in total. The van der Waals surface area contributed by atoms with E-state index in [9.17, 15) is 0 Å². The Hall–Kier alpha value is -0.0800. The summed E-state index contributed by atoms with van der Waals surface area (Å²) in [5, 5.41) is 3.52. The van der Waals surface area contributed by atoms with Crippen LogP contribution >= 0.6 is 0 Å². The van der Waals surface area contributed by atoms with Gasteiger partial charge in [-0.2, -0.15) is 0 Å². The highest BCUT2D eigenvalue weighted by Gasteiger charge is 2.36. The van der Waals surface area contributed by atoms with E-state index in [0.717, 1.165) is 25.4 Å². The minimum absolute atomic E-state index is 0.00697. The second kappa shape index (κ2) is 7.08. The summed E-state index contributed by atoms with van der Waals surface area (Å²) in [5.74, 6) is 0.790. The number of hydrogen-bond acceptors (Lipinski definition) is 2. The lowest BCUT2D eigenvalue weighted by atomic mass is 9.71. The number of rotatable bonds is 7. The summed E-state index contributed by atoms with van der Waals surface area (Å²) in [5.41, 5.74) is 0.431. The van der Waals surface area contributed by atoms with E-state index in [1.165, 1.54) is 25.7 Å². The van der Waals surface area contributed by atoms with E-state index in [2.05, 4.69) is 46.9 Å². The van der Waals surface area contributed by atoms with E-state index in [4.69, 9.17) is 4.74 Å². The van der Waals surface area contributed by atoms with Crippen molar-refractivity contribution in [2.24, 2.45) is 11.3 Å². The van der Waals surface area contributed by atoms with E-state index >= 15 is 0 Å². The van der Waals surface area contributed by atoms with Crippen molar-refractivity contribution in [1.29, 1.82) is 0 Å². The van der Waals surface area contributed by atoms with Crippen LogP contribution in [0, 0.1) is 11.3 Å². The average molecular weight is 269 g/mol. The van der Waals surface area contributed by atoms with Crippen LogP contribution < -0.4 is 5.32 Å². The summed E-state index contributed by atoms with van der Waals surface area (Å²) in [7, 11) is 0. The average Bonchev–Trinajstić information content (AvgIpc) is 2.26. The molecule has 0 aromatic heterocycles. The Morgan fingerprint density at radius 1 is 1.26 bits per heavy atom. The smallest absolute Gasteiger partial charge is 0.0779 e. The van der Waals surface area contributed by atoms with Crippen molar-refractivity contribution in [3.05, 3.63) is 0 Å². The van der Waals surface area contributed by atoms with E-state index in [1.54, 1.807) is 0 Å². The van der Waals surface area contributed by atoms with Gasteiger partial charge in [0, 0.05) is 6.54 Å². The minimum Gasteiger partial charge on any atom is -0.371 e. The van der Waals surface area contributed by atoms with Gasteiger partial charge in [-0.1, -0.05) is 34.6 Å². The van der Waals surface area contributed by atoms with Crippen LogP contribution in [0.2, 0.25) is 0 Å². The van der Waals surface area contributed by atoms with Gasteiger partial charge in [0.05, 0.1) is 11.7 Å². The fourth-order valence-electron chi connectivity index (χ4n) is 3.53. The minimum atomic E-state index is -0.00697. The maximum absolute atomic E-state index is 6.52. The van der Waals surface area contributed by atoms with Crippen molar-refractivity contribution in [2.75, 3.05) is 13.1 Å². The van der Waals surface area contributed by atoms with Gasteiger partial charge in [-0.3, -0.25) is 0 Å². The number of nitrogens with one attached hydrogen (secondary N) is 1. The van der Waals surface area contributed by atoms with E-state index in [1.807, 2.05) is 0 Å². The Morgan fingerprint density at radius 2 is 1.95 bits per heavy atom. The van der Waals surface area contributed by atoms with E-state index in [0.29, 0.717) is 11.5 Å². The summed E-state index contributed by atoms with van der Waals surface area (Å²) in [6.45, 7) is 15.9. The van der Waals surface area contributed by atoms with Crippen LogP contribution in [0.4, 0.5) is 0 Å². The molecule has 0 spiro atoms. The van der Waals surface area contributed by atoms with E-state index < -0.39 is 0 Å². The molecule has 0 saturated heterocycles. The SMILES string of the molecule is CCCNCC(C)(CC)OC1CC(C)CC(C)(C)C1. The first-order valence-electron chi connectivity index (χ1n) is 8.19. The molecule has 0 aliphatic heterocycles. The van der Waals surface area contributed by atoms with Crippen molar-refractivity contribution in [1.82, 2.24) is 5.32 Å². The van der Waals surface area contributed by atoms with Gasteiger partial charge in [-0.25, -0.2) is 0 Å². The van der Waals surface area contributed by atoms with Gasteiger partial charge in [0.15, 0.2) is 0 Å². The Kier molecular flexibility index (Phi) is 6.32. The number of hydrogen-bond donors (Lipinski definition) is 1. The first-order valence-corrected chi connectivity index (χ1v) is 8.19. The second-order valence-electron chi connectivity index (χ2n) is 7.63. The second-order valence-corrected chi connectivity index (χ2v) is 7.63. The predicted molar refractivity (Wildman–Crippen MR) is 83.5 cm³/mol. The molecule has 2 heteroatoms. The van der Waals surface area contributed by atoms with Crippen LogP contribution in [0.1, 0.15) is 73.6 Å². The first kappa shape index (κ1) is 17.0. The first-order chi connectivity index (χ1) is 8.80. The maximum Gasteiger partial charge on any atom is 0.0779 e. The molecule has 1 rings (SSSR count). The van der Waals surface area contributed by atoms with Gasteiger partial charge in [0.1, 0.15) is 0 Å². The van der Waals surface area contributed by atoms with Gasteiger partial charge in [-0.05, 0) is 56.9 Å². The highest BCUT2D eigenvalue weighted by atomic mass is 16.5. The van der Waals surface area contributed by atoms with Crippen LogP contribution in [-0.4, -0.2) is 24.8 Å². The summed E-state index contributed by atoms with van der Waals surface area (Å²) in [6.07, 6.45) is 6.48. The molecule has 114 valence electrons. The Labute approximate surface area is 120 Å². The van der Waals surface area contributed by atoms with Gasteiger partial charge < -0.3 is 10.1 Å². The third-order valence-corrected chi connectivity index (χ3v) is 4.47. The molecule has 0 amide bonds. The molecule has 1 saturated carbocycles. The van der Waals surface area contributed by atoms with Crippen molar-refractivity contribution in [2.45, 2.75) is 85.4 Å². The molecule has 19 heavy (non-hydrogen) atoms. The highest BCUT2D eigenvalue weighted by Crippen LogP contribution is 2.41. The third-order valence-electron chi connectivity index (χ3n) is 4.47. The normalized spacial score (nSPS) is 30.0.